The summed E-state index contributed by atoms with van der Waals surface area (Å²) >= 11 is 0. The van der Waals surface area contributed by atoms with E-state index in [4.69, 9.17) is 0 Å². The fourth-order valence-corrected chi connectivity index (χ4v) is 2.27. The standard InChI is InChI=1S/C17H20N2O2/c1-3-16(15-9-4-5-10-17(15)21)19-14-8-6-7-13(11-14)18-12(2)20/h4-11,16,19,21H,3H2,1-2H3,(H,18,20). The van der Waals surface area contributed by atoms with Crippen molar-refractivity contribution in [2.24, 2.45) is 0 Å². The lowest BCUT2D eigenvalue weighted by atomic mass is 10.0. The number of benzene rings is 2. The van der Waals surface area contributed by atoms with E-state index in [9.17, 15) is 9.90 Å². The molecule has 1 amide bonds. The molecule has 0 radical (unpaired) electrons. The van der Waals surface area contributed by atoms with Gasteiger partial charge in [0.15, 0.2) is 0 Å². The van der Waals surface area contributed by atoms with E-state index in [-0.39, 0.29) is 17.7 Å². The number of carbonyl (C=O) groups excluding carboxylic acids is 1. The van der Waals surface area contributed by atoms with Gasteiger partial charge < -0.3 is 15.7 Å². The van der Waals surface area contributed by atoms with Gasteiger partial charge in [0, 0.05) is 23.9 Å². The molecule has 21 heavy (non-hydrogen) atoms. The van der Waals surface area contributed by atoms with E-state index >= 15 is 0 Å². The van der Waals surface area contributed by atoms with Gasteiger partial charge in [-0.3, -0.25) is 4.79 Å². The van der Waals surface area contributed by atoms with E-state index in [0.717, 1.165) is 23.4 Å². The molecule has 3 N–H and O–H groups in total. The van der Waals surface area contributed by atoms with Crippen molar-refractivity contribution in [3.05, 3.63) is 54.1 Å². The van der Waals surface area contributed by atoms with E-state index in [1.165, 1.54) is 6.92 Å². The smallest absolute Gasteiger partial charge is 0.221 e. The Labute approximate surface area is 124 Å². The van der Waals surface area contributed by atoms with Crippen LogP contribution in [0.1, 0.15) is 31.9 Å². The number of amides is 1. The van der Waals surface area contributed by atoms with Gasteiger partial charge in [-0.2, -0.15) is 0 Å². The zero-order valence-electron chi connectivity index (χ0n) is 12.3. The first-order valence-electron chi connectivity index (χ1n) is 7.02. The molecule has 0 aliphatic heterocycles. The fraction of sp³-hybridized carbons (Fsp3) is 0.235. The monoisotopic (exact) mass is 284 g/mol. The third-order valence-corrected chi connectivity index (χ3v) is 3.24. The van der Waals surface area contributed by atoms with Crippen LogP contribution < -0.4 is 10.6 Å². The number of nitrogens with one attached hydrogen (secondary N) is 2. The molecule has 4 nitrogen and oxygen atoms in total. The molecule has 0 spiro atoms. The molecule has 2 aromatic rings. The highest BCUT2D eigenvalue weighted by Crippen LogP contribution is 2.29. The van der Waals surface area contributed by atoms with Crippen LogP contribution in [0, 0.1) is 0 Å². The summed E-state index contributed by atoms with van der Waals surface area (Å²) in [5.41, 5.74) is 2.51. The molecule has 4 heteroatoms. The number of carbonyl (C=O) groups is 1. The molecule has 2 aromatic carbocycles. The molecule has 0 aliphatic carbocycles. The number of phenols is 1. The molecular weight excluding hydrogens is 264 g/mol. The molecule has 0 saturated heterocycles. The third-order valence-electron chi connectivity index (χ3n) is 3.24. The van der Waals surface area contributed by atoms with Gasteiger partial charge >= 0.3 is 0 Å². The number of phenolic OH excluding ortho intramolecular Hbond substituents is 1. The Hall–Kier alpha value is -2.49. The molecule has 1 unspecified atom stereocenters. The van der Waals surface area contributed by atoms with E-state index in [1.807, 2.05) is 42.5 Å². The van der Waals surface area contributed by atoms with Crippen molar-refractivity contribution < 1.29 is 9.90 Å². The summed E-state index contributed by atoms with van der Waals surface area (Å²) in [7, 11) is 0. The molecule has 1 atom stereocenters. The lowest BCUT2D eigenvalue weighted by molar-refractivity contribution is -0.114. The normalized spacial score (nSPS) is 11.7. The Morgan fingerprint density at radius 2 is 1.86 bits per heavy atom. The maximum atomic E-state index is 11.1. The van der Waals surface area contributed by atoms with Crippen LogP contribution in [-0.4, -0.2) is 11.0 Å². The zero-order chi connectivity index (χ0) is 15.2. The van der Waals surface area contributed by atoms with Gasteiger partial charge in [0.1, 0.15) is 5.75 Å². The maximum absolute atomic E-state index is 11.1. The highest BCUT2D eigenvalue weighted by Gasteiger charge is 2.13. The Kier molecular flexibility index (Phi) is 4.82. The Morgan fingerprint density at radius 3 is 2.52 bits per heavy atom. The van der Waals surface area contributed by atoms with Gasteiger partial charge in [0.2, 0.25) is 5.91 Å². The average molecular weight is 284 g/mol. The van der Waals surface area contributed by atoms with Crippen molar-refractivity contribution in [3.63, 3.8) is 0 Å². The molecule has 0 saturated carbocycles. The number of hydrogen-bond donors (Lipinski definition) is 3. The largest absolute Gasteiger partial charge is 0.508 e. The molecule has 2 rings (SSSR count). The predicted molar refractivity (Wildman–Crippen MR) is 85.5 cm³/mol. The van der Waals surface area contributed by atoms with Crippen molar-refractivity contribution >= 4 is 17.3 Å². The van der Waals surface area contributed by atoms with Gasteiger partial charge in [0.05, 0.1) is 6.04 Å². The third kappa shape index (κ3) is 3.99. The van der Waals surface area contributed by atoms with Gasteiger partial charge in [-0.15, -0.1) is 0 Å². The van der Waals surface area contributed by atoms with E-state index < -0.39 is 0 Å². The molecular formula is C17H20N2O2. The van der Waals surface area contributed by atoms with Gasteiger partial charge in [-0.1, -0.05) is 31.2 Å². The van der Waals surface area contributed by atoms with Gasteiger partial charge in [-0.25, -0.2) is 0 Å². The van der Waals surface area contributed by atoms with Gasteiger partial charge in [0.25, 0.3) is 0 Å². The molecule has 0 heterocycles. The SMILES string of the molecule is CCC(Nc1cccc(NC(C)=O)c1)c1ccccc1O. The van der Waals surface area contributed by atoms with Crippen LogP contribution in [0.15, 0.2) is 48.5 Å². The van der Waals surface area contributed by atoms with Crippen molar-refractivity contribution in [1.29, 1.82) is 0 Å². The van der Waals surface area contributed by atoms with Crippen LogP contribution >= 0.6 is 0 Å². The number of para-hydroxylation sites is 1. The van der Waals surface area contributed by atoms with E-state index in [0.29, 0.717) is 0 Å². The Bertz CT molecular complexity index is 626. The minimum Gasteiger partial charge on any atom is -0.508 e. The molecule has 0 bridgehead atoms. The van der Waals surface area contributed by atoms with Crippen LogP contribution in [-0.2, 0) is 4.79 Å². The summed E-state index contributed by atoms with van der Waals surface area (Å²) in [5, 5.41) is 16.1. The second kappa shape index (κ2) is 6.79. The Balaban J connectivity index is 2.19. The topological polar surface area (TPSA) is 61.4 Å². The first-order valence-corrected chi connectivity index (χ1v) is 7.02. The first kappa shape index (κ1) is 14.9. The first-order chi connectivity index (χ1) is 10.1. The fourth-order valence-electron chi connectivity index (χ4n) is 2.27. The molecule has 0 fully saturated rings. The van der Waals surface area contributed by atoms with E-state index in [1.54, 1.807) is 6.07 Å². The minimum atomic E-state index is -0.0973. The second-order valence-electron chi connectivity index (χ2n) is 4.93. The predicted octanol–water partition coefficient (Wildman–Crippen LogP) is 3.91. The van der Waals surface area contributed by atoms with Crippen LogP contribution in [0.4, 0.5) is 11.4 Å². The number of rotatable bonds is 5. The lowest BCUT2D eigenvalue weighted by Crippen LogP contribution is -2.11. The highest BCUT2D eigenvalue weighted by molar-refractivity contribution is 5.89. The van der Waals surface area contributed by atoms with Crippen molar-refractivity contribution in [2.45, 2.75) is 26.3 Å². The number of anilines is 2. The zero-order valence-corrected chi connectivity index (χ0v) is 12.3. The summed E-state index contributed by atoms with van der Waals surface area (Å²) in [6.45, 7) is 3.54. The van der Waals surface area contributed by atoms with Gasteiger partial charge in [-0.05, 0) is 30.7 Å². The van der Waals surface area contributed by atoms with Crippen LogP contribution in [0.5, 0.6) is 5.75 Å². The number of aromatic hydroxyl groups is 1. The van der Waals surface area contributed by atoms with Crippen molar-refractivity contribution in [3.8, 4) is 5.75 Å². The molecule has 110 valence electrons. The van der Waals surface area contributed by atoms with Crippen LogP contribution in [0.2, 0.25) is 0 Å². The van der Waals surface area contributed by atoms with Crippen molar-refractivity contribution in [1.82, 2.24) is 0 Å². The van der Waals surface area contributed by atoms with Crippen LogP contribution in [0.3, 0.4) is 0 Å². The van der Waals surface area contributed by atoms with Crippen LogP contribution in [0.25, 0.3) is 0 Å². The molecule has 0 aliphatic rings. The average Bonchev–Trinajstić information content (AvgIpc) is 2.45. The summed E-state index contributed by atoms with van der Waals surface area (Å²) in [4.78, 5) is 11.1. The second-order valence-corrected chi connectivity index (χ2v) is 4.93. The Morgan fingerprint density at radius 1 is 1.14 bits per heavy atom. The lowest BCUT2D eigenvalue weighted by Gasteiger charge is -2.20. The maximum Gasteiger partial charge on any atom is 0.221 e. The summed E-state index contributed by atoms with van der Waals surface area (Å²) in [6, 6.07) is 14.9. The minimum absolute atomic E-state index is 0.0128. The highest BCUT2D eigenvalue weighted by atomic mass is 16.3. The summed E-state index contributed by atoms with van der Waals surface area (Å²) in [5.74, 6) is 0.190. The van der Waals surface area contributed by atoms with Crippen molar-refractivity contribution in [2.75, 3.05) is 10.6 Å². The summed E-state index contributed by atoms with van der Waals surface area (Å²) in [6.07, 6.45) is 0.835. The summed E-state index contributed by atoms with van der Waals surface area (Å²) < 4.78 is 0. The number of hydrogen-bond acceptors (Lipinski definition) is 3. The van der Waals surface area contributed by atoms with E-state index in [2.05, 4.69) is 17.6 Å². The molecule has 0 aromatic heterocycles. The quantitative estimate of drug-likeness (QED) is 0.780.